The van der Waals surface area contributed by atoms with E-state index in [0.717, 1.165) is 22.8 Å². The summed E-state index contributed by atoms with van der Waals surface area (Å²) in [4.78, 5) is 16.7. The number of aromatic carboxylic acids is 1. The standard InChI is InChI=1S/C19H17NO3S/c1-12-4-3-5-16(10-12)24-11-17-13(2)23-18(20-17)14-6-8-15(9-7-14)19(21)22/h3-10H,11H2,1-2H3,(H,21,22). The third-order valence-electron chi connectivity index (χ3n) is 3.64. The molecule has 5 heteroatoms. The van der Waals surface area contributed by atoms with Crippen LogP contribution in [0.1, 0.15) is 27.4 Å². The lowest BCUT2D eigenvalue weighted by Crippen LogP contribution is -1.95. The molecule has 0 fully saturated rings. The van der Waals surface area contributed by atoms with E-state index in [4.69, 9.17) is 9.52 Å². The van der Waals surface area contributed by atoms with E-state index < -0.39 is 5.97 Å². The lowest BCUT2D eigenvalue weighted by molar-refractivity contribution is 0.0697. The summed E-state index contributed by atoms with van der Waals surface area (Å²) in [5.41, 5.74) is 3.15. The molecule has 0 amide bonds. The number of rotatable bonds is 5. The highest BCUT2D eigenvalue weighted by atomic mass is 32.2. The highest BCUT2D eigenvalue weighted by molar-refractivity contribution is 7.98. The Hall–Kier alpha value is -2.53. The van der Waals surface area contributed by atoms with Gasteiger partial charge in [0.25, 0.3) is 0 Å². The van der Waals surface area contributed by atoms with Crippen molar-refractivity contribution in [3.63, 3.8) is 0 Å². The van der Waals surface area contributed by atoms with Crippen molar-refractivity contribution in [1.82, 2.24) is 4.98 Å². The summed E-state index contributed by atoms with van der Waals surface area (Å²) >= 11 is 1.72. The first-order valence-corrected chi connectivity index (χ1v) is 8.51. The molecule has 4 nitrogen and oxygen atoms in total. The highest BCUT2D eigenvalue weighted by Gasteiger charge is 2.12. The number of thioether (sulfide) groups is 1. The number of carboxylic acid groups (broad SMARTS) is 1. The summed E-state index contributed by atoms with van der Waals surface area (Å²) < 4.78 is 5.74. The number of carbonyl (C=O) groups is 1. The molecule has 0 unspecified atom stereocenters. The Balaban J connectivity index is 1.76. The van der Waals surface area contributed by atoms with Crippen molar-refractivity contribution in [3.8, 4) is 11.5 Å². The predicted octanol–water partition coefficient (Wildman–Crippen LogP) is 4.95. The molecule has 1 heterocycles. The van der Waals surface area contributed by atoms with Crippen molar-refractivity contribution < 1.29 is 14.3 Å². The van der Waals surface area contributed by atoms with Gasteiger partial charge in [-0.1, -0.05) is 17.7 Å². The first kappa shape index (κ1) is 16.3. The average molecular weight is 339 g/mol. The Bertz CT molecular complexity index is 869. The van der Waals surface area contributed by atoms with Gasteiger partial charge in [0.2, 0.25) is 5.89 Å². The molecule has 24 heavy (non-hydrogen) atoms. The van der Waals surface area contributed by atoms with E-state index in [1.54, 1.807) is 36.0 Å². The van der Waals surface area contributed by atoms with Crippen molar-refractivity contribution in [2.45, 2.75) is 24.5 Å². The molecule has 0 radical (unpaired) electrons. The van der Waals surface area contributed by atoms with Crippen LogP contribution >= 0.6 is 11.8 Å². The highest BCUT2D eigenvalue weighted by Crippen LogP contribution is 2.28. The fourth-order valence-corrected chi connectivity index (χ4v) is 3.31. The molecular weight excluding hydrogens is 322 g/mol. The Morgan fingerprint density at radius 2 is 1.92 bits per heavy atom. The van der Waals surface area contributed by atoms with Crippen LogP contribution in [-0.4, -0.2) is 16.1 Å². The summed E-state index contributed by atoms with van der Waals surface area (Å²) in [5.74, 6) is 1.09. The molecule has 0 saturated carbocycles. The largest absolute Gasteiger partial charge is 0.478 e. The molecule has 0 saturated heterocycles. The third kappa shape index (κ3) is 3.68. The van der Waals surface area contributed by atoms with Crippen LogP contribution in [0.3, 0.4) is 0 Å². The second-order valence-corrected chi connectivity index (χ2v) is 6.56. The molecule has 1 aromatic heterocycles. The topological polar surface area (TPSA) is 63.3 Å². The fourth-order valence-electron chi connectivity index (χ4n) is 2.30. The summed E-state index contributed by atoms with van der Waals surface area (Å²) in [6.45, 7) is 3.97. The van der Waals surface area contributed by atoms with Crippen LogP contribution in [0.25, 0.3) is 11.5 Å². The lowest BCUT2D eigenvalue weighted by atomic mass is 10.1. The van der Waals surface area contributed by atoms with Crippen LogP contribution in [0.15, 0.2) is 57.8 Å². The Labute approximate surface area is 144 Å². The molecule has 3 rings (SSSR count). The molecule has 0 aliphatic carbocycles. The molecule has 0 aliphatic heterocycles. The first-order chi connectivity index (χ1) is 11.5. The van der Waals surface area contributed by atoms with E-state index in [1.165, 1.54) is 10.5 Å². The first-order valence-electron chi connectivity index (χ1n) is 7.52. The van der Waals surface area contributed by atoms with E-state index >= 15 is 0 Å². The van der Waals surface area contributed by atoms with E-state index in [0.29, 0.717) is 5.89 Å². The van der Waals surface area contributed by atoms with Gasteiger partial charge < -0.3 is 9.52 Å². The molecule has 0 bridgehead atoms. The van der Waals surface area contributed by atoms with Crippen LogP contribution in [0.4, 0.5) is 0 Å². The van der Waals surface area contributed by atoms with Crippen molar-refractivity contribution >= 4 is 17.7 Å². The fraction of sp³-hybridized carbons (Fsp3) is 0.158. The predicted molar refractivity (Wildman–Crippen MR) is 94.4 cm³/mol. The smallest absolute Gasteiger partial charge is 0.335 e. The molecular formula is C19H17NO3S. The number of nitrogens with zero attached hydrogens (tertiary/aromatic N) is 1. The van der Waals surface area contributed by atoms with Gasteiger partial charge in [0.05, 0.1) is 11.3 Å². The zero-order chi connectivity index (χ0) is 17.1. The van der Waals surface area contributed by atoms with Crippen molar-refractivity contribution in [1.29, 1.82) is 0 Å². The Morgan fingerprint density at radius 1 is 1.17 bits per heavy atom. The third-order valence-corrected chi connectivity index (χ3v) is 4.64. The van der Waals surface area contributed by atoms with Crippen LogP contribution < -0.4 is 0 Å². The minimum absolute atomic E-state index is 0.247. The molecule has 122 valence electrons. The van der Waals surface area contributed by atoms with Crippen molar-refractivity contribution in [2.75, 3.05) is 0 Å². The summed E-state index contributed by atoms with van der Waals surface area (Å²) in [6, 6.07) is 14.9. The number of hydrogen-bond acceptors (Lipinski definition) is 4. The van der Waals surface area contributed by atoms with Gasteiger partial charge in [0.1, 0.15) is 5.76 Å². The zero-order valence-electron chi connectivity index (χ0n) is 13.4. The van der Waals surface area contributed by atoms with Gasteiger partial charge in [-0.05, 0) is 50.2 Å². The lowest BCUT2D eigenvalue weighted by Gasteiger charge is -2.00. The van der Waals surface area contributed by atoms with Crippen molar-refractivity contribution in [3.05, 3.63) is 71.1 Å². The SMILES string of the molecule is Cc1cccc(SCc2nc(-c3ccc(C(=O)O)cc3)oc2C)c1. The van der Waals surface area contributed by atoms with Gasteiger partial charge in [-0.3, -0.25) is 0 Å². The van der Waals surface area contributed by atoms with Crippen LogP contribution in [0.2, 0.25) is 0 Å². The summed E-state index contributed by atoms with van der Waals surface area (Å²) in [6.07, 6.45) is 0. The summed E-state index contributed by atoms with van der Waals surface area (Å²) in [7, 11) is 0. The quantitative estimate of drug-likeness (QED) is 0.666. The molecule has 2 aromatic carbocycles. The monoisotopic (exact) mass is 339 g/mol. The molecule has 0 aliphatic rings. The normalized spacial score (nSPS) is 10.8. The van der Waals surface area contributed by atoms with Crippen LogP contribution in [-0.2, 0) is 5.75 Å². The van der Waals surface area contributed by atoms with Gasteiger partial charge in [-0.15, -0.1) is 11.8 Å². The maximum atomic E-state index is 10.9. The number of hydrogen-bond donors (Lipinski definition) is 1. The molecule has 3 aromatic rings. The number of oxazole rings is 1. The summed E-state index contributed by atoms with van der Waals surface area (Å²) in [5, 5.41) is 8.95. The molecule has 0 spiro atoms. The maximum Gasteiger partial charge on any atom is 0.335 e. The van der Waals surface area contributed by atoms with Gasteiger partial charge in [0.15, 0.2) is 0 Å². The molecule has 0 atom stereocenters. The number of aromatic nitrogens is 1. The van der Waals surface area contributed by atoms with Gasteiger partial charge in [-0.2, -0.15) is 0 Å². The van der Waals surface area contributed by atoms with Gasteiger partial charge in [0, 0.05) is 16.2 Å². The van der Waals surface area contributed by atoms with Crippen LogP contribution in [0, 0.1) is 13.8 Å². The average Bonchev–Trinajstić information content (AvgIpc) is 2.94. The van der Waals surface area contributed by atoms with E-state index in [9.17, 15) is 4.79 Å². The van der Waals surface area contributed by atoms with Crippen LogP contribution in [0.5, 0.6) is 0 Å². The maximum absolute atomic E-state index is 10.9. The number of carboxylic acids is 1. The van der Waals surface area contributed by atoms with E-state index in [1.807, 2.05) is 13.0 Å². The van der Waals surface area contributed by atoms with Gasteiger partial charge in [-0.25, -0.2) is 9.78 Å². The Kier molecular flexibility index (Phi) is 4.71. The van der Waals surface area contributed by atoms with E-state index in [-0.39, 0.29) is 5.56 Å². The Morgan fingerprint density at radius 3 is 2.58 bits per heavy atom. The minimum Gasteiger partial charge on any atom is -0.478 e. The minimum atomic E-state index is -0.944. The zero-order valence-corrected chi connectivity index (χ0v) is 14.3. The number of benzene rings is 2. The second-order valence-electron chi connectivity index (χ2n) is 5.51. The second kappa shape index (κ2) is 6.93. The molecule has 1 N–H and O–H groups in total. The van der Waals surface area contributed by atoms with Crippen molar-refractivity contribution in [2.24, 2.45) is 0 Å². The van der Waals surface area contributed by atoms with Gasteiger partial charge >= 0.3 is 5.97 Å². The van der Waals surface area contributed by atoms with E-state index in [2.05, 4.69) is 30.1 Å². The number of aryl methyl sites for hydroxylation is 2.